The van der Waals surface area contributed by atoms with E-state index >= 15 is 0 Å². The first-order chi connectivity index (χ1) is 14.5. The molecule has 0 aliphatic rings. The molecule has 0 saturated heterocycles. The van der Waals surface area contributed by atoms with Crippen molar-refractivity contribution in [3.8, 4) is 22.6 Å². The maximum Gasteiger partial charge on any atom is 0.274 e. The van der Waals surface area contributed by atoms with Crippen LogP contribution in [0, 0.1) is 6.92 Å². The minimum absolute atomic E-state index is 0.0605. The lowest BCUT2D eigenvalue weighted by atomic mass is 10.1. The second-order valence-electron chi connectivity index (χ2n) is 7.11. The smallest absolute Gasteiger partial charge is 0.274 e. The minimum atomic E-state index is -0.399. The van der Waals surface area contributed by atoms with Crippen molar-refractivity contribution in [2.45, 2.75) is 19.9 Å². The Kier molecular flexibility index (Phi) is 5.20. The summed E-state index contributed by atoms with van der Waals surface area (Å²) in [5.41, 5.74) is 10.7. The van der Waals surface area contributed by atoms with Gasteiger partial charge in [0.15, 0.2) is 11.5 Å². The number of aryl methyl sites for hydroxylation is 1. The predicted molar refractivity (Wildman–Crippen MR) is 114 cm³/mol. The number of anilines is 1. The van der Waals surface area contributed by atoms with Gasteiger partial charge in [0.1, 0.15) is 17.0 Å². The number of aromatic amines is 1. The van der Waals surface area contributed by atoms with Gasteiger partial charge in [0.25, 0.3) is 5.91 Å². The van der Waals surface area contributed by atoms with Gasteiger partial charge in [-0.15, -0.1) is 0 Å². The number of fused-ring (bicyclic) bond motifs is 1. The van der Waals surface area contributed by atoms with E-state index in [1.54, 1.807) is 19.5 Å². The van der Waals surface area contributed by atoms with Crippen LogP contribution in [0.3, 0.4) is 0 Å². The number of carbonyl (C=O) groups excluding carboxylic acids is 1. The molecule has 154 valence electrons. The number of rotatable bonds is 6. The molecule has 1 amide bonds. The largest absolute Gasteiger partial charge is 0.383 e. The highest BCUT2D eigenvalue weighted by Gasteiger charge is 2.21. The molecule has 1 unspecified atom stereocenters. The zero-order valence-electron chi connectivity index (χ0n) is 17.0. The first kappa shape index (κ1) is 19.6. The van der Waals surface area contributed by atoms with E-state index in [0.717, 1.165) is 22.6 Å². The molecule has 30 heavy (non-hydrogen) atoms. The van der Waals surface area contributed by atoms with Crippen LogP contribution < -0.4 is 11.1 Å². The Bertz CT molecular complexity index is 1200. The normalized spacial score (nSPS) is 12.2. The molecule has 4 aromatic rings. The van der Waals surface area contributed by atoms with Crippen LogP contribution in [0.15, 0.2) is 42.9 Å². The van der Waals surface area contributed by atoms with E-state index in [1.807, 2.05) is 48.7 Å². The van der Waals surface area contributed by atoms with Gasteiger partial charge in [-0.2, -0.15) is 0 Å². The third-order valence-corrected chi connectivity index (χ3v) is 4.75. The maximum atomic E-state index is 12.8. The molecule has 0 aliphatic carbocycles. The number of H-pyrrole nitrogens is 1. The summed E-state index contributed by atoms with van der Waals surface area (Å²) in [7, 11) is 1.58. The van der Waals surface area contributed by atoms with Gasteiger partial charge < -0.3 is 25.2 Å². The lowest BCUT2D eigenvalue weighted by Gasteiger charge is -2.15. The molecule has 0 saturated carbocycles. The lowest BCUT2D eigenvalue weighted by Crippen LogP contribution is -2.36. The maximum absolute atomic E-state index is 12.8. The van der Waals surface area contributed by atoms with Gasteiger partial charge in [-0.1, -0.05) is 0 Å². The molecule has 0 spiro atoms. The van der Waals surface area contributed by atoms with Gasteiger partial charge in [0.05, 0.1) is 12.3 Å². The molecule has 0 aromatic carbocycles. The first-order valence-corrected chi connectivity index (χ1v) is 9.53. The van der Waals surface area contributed by atoms with E-state index in [9.17, 15) is 4.79 Å². The van der Waals surface area contributed by atoms with Crippen molar-refractivity contribution in [1.29, 1.82) is 0 Å². The standard InChI is InChI=1S/C21H23N7O2/c1-12(11-30-3)25-21(29)19-20(22)27-18(15-5-4-8-23-15)17(26-19)14-6-7-16-24-9-13(2)28(16)10-14/h4-10,12,23H,11H2,1-3H3,(H2,22,27)(H,25,29). The fraction of sp³-hybridized carbons (Fsp3) is 0.238. The van der Waals surface area contributed by atoms with Gasteiger partial charge in [0.2, 0.25) is 0 Å². The number of nitrogens with zero attached hydrogens (tertiary/aromatic N) is 4. The van der Waals surface area contributed by atoms with Gasteiger partial charge >= 0.3 is 0 Å². The molecular weight excluding hydrogens is 382 g/mol. The number of imidazole rings is 1. The number of carbonyl (C=O) groups is 1. The van der Waals surface area contributed by atoms with Crippen LogP contribution in [0.4, 0.5) is 5.82 Å². The number of methoxy groups -OCH3 is 1. The van der Waals surface area contributed by atoms with Crippen LogP contribution in [-0.2, 0) is 4.74 Å². The van der Waals surface area contributed by atoms with Crippen molar-refractivity contribution in [2.75, 3.05) is 19.5 Å². The van der Waals surface area contributed by atoms with Gasteiger partial charge in [-0.05, 0) is 38.1 Å². The van der Waals surface area contributed by atoms with Crippen LogP contribution in [0.5, 0.6) is 0 Å². The SMILES string of the molecule is COCC(C)NC(=O)c1nc(-c2ccc3ncc(C)n3c2)c(-c2ccc[nH]2)nc1N. The Morgan fingerprint density at radius 1 is 1.30 bits per heavy atom. The second-order valence-corrected chi connectivity index (χ2v) is 7.11. The highest BCUT2D eigenvalue weighted by molar-refractivity contribution is 5.98. The summed E-state index contributed by atoms with van der Waals surface area (Å²) in [6, 6.07) is 7.37. The number of hydrogen-bond acceptors (Lipinski definition) is 6. The molecule has 0 aliphatic heterocycles. The van der Waals surface area contributed by atoms with Crippen LogP contribution >= 0.6 is 0 Å². The van der Waals surface area contributed by atoms with E-state index < -0.39 is 5.91 Å². The topological polar surface area (TPSA) is 123 Å². The summed E-state index contributed by atoms with van der Waals surface area (Å²) in [5, 5.41) is 2.84. The van der Waals surface area contributed by atoms with Crippen molar-refractivity contribution < 1.29 is 9.53 Å². The Labute approximate surface area is 173 Å². The van der Waals surface area contributed by atoms with E-state index in [1.165, 1.54) is 0 Å². The number of ether oxygens (including phenoxy) is 1. The molecule has 9 nitrogen and oxygen atoms in total. The first-order valence-electron chi connectivity index (χ1n) is 9.53. The molecule has 0 radical (unpaired) electrons. The summed E-state index contributed by atoms with van der Waals surface area (Å²) in [4.78, 5) is 29.4. The Morgan fingerprint density at radius 3 is 2.87 bits per heavy atom. The van der Waals surface area contributed by atoms with Crippen LogP contribution in [0.1, 0.15) is 23.1 Å². The molecule has 9 heteroatoms. The molecule has 4 N–H and O–H groups in total. The molecular formula is C21H23N7O2. The highest BCUT2D eigenvalue weighted by Crippen LogP contribution is 2.30. The summed E-state index contributed by atoms with van der Waals surface area (Å²) < 4.78 is 7.05. The summed E-state index contributed by atoms with van der Waals surface area (Å²) in [5.74, 6) is -0.339. The van der Waals surface area contributed by atoms with Crippen molar-refractivity contribution >= 4 is 17.4 Å². The fourth-order valence-corrected chi connectivity index (χ4v) is 3.31. The van der Waals surface area contributed by atoms with E-state index in [2.05, 4.69) is 25.3 Å². The number of nitrogens with two attached hydrogens (primary N) is 1. The molecule has 4 heterocycles. The number of pyridine rings is 1. The third-order valence-electron chi connectivity index (χ3n) is 4.75. The summed E-state index contributed by atoms with van der Waals surface area (Å²) >= 11 is 0. The Morgan fingerprint density at radius 2 is 2.13 bits per heavy atom. The quantitative estimate of drug-likeness (QED) is 0.453. The second kappa shape index (κ2) is 7.96. The van der Waals surface area contributed by atoms with Gasteiger partial charge in [0, 0.05) is 43.0 Å². The monoisotopic (exact) mass is 405 g/mol. The molecule has 4 aromatic heterocycles. The number of hydrogen-bond donors (Lipinski definition) is 3. The predicted octanol–water partition coefficient (Wildman–Crippen LogP) is 2.44. The van der Waals surface area contributed by atoms with Crippen molar-refractivity contribution in [3.05, 3.63) is 54.2 Å². The van der Waals surface area contributed by atoms with Crippen molar-refractivity contribution in [1.82, 2.24) is 29.7 Å². The van der Waals surface area contributed by atoms with Gasteiger partial charge in [-0.3, -0.25) is 4.79 Å². The molecule has 0 bridgehead atoms. The zero-order valence-corrected chi connectivity index (χ0v) is 17.0. The van der Waals surface area contributed by atoms with E-state index in [0.29, 0.717) is 18.0 Å². The van der Waals surface area contributed by atoms with Crippen molar-refractivity contribution in [2.24, 2.45) is 0 Å². The number of aromatic nitrogens is 5. The molecule has 0 fully saturated rings. The van der Waals surface area contributed by atoms with Crippen LogP contribution in [0.25, 0.3) is 28.3 Å². The van der Waals surface area contributed by atoms with Crippen molar-refractivity contribution in [3.63, 3.8) is 0 Å². The summed E-state index contributed by atoms with van der Waals surface area (Å²) in [6.45, 7) is 4.19. The highest BCUT2D eigenvalue weighted by atomic mass is 16.5. The average Bonchev–Trinajstić information content (AvgIpc) is 3.38. The minimum Gasteiger partial charge on any atom is -0.383 e. The van der Waals surface area contributed by atoms with Crippen LogP contribution in [0.2, 0.25) is 0 Å². The zero-order chi connectivity index (χ0) is 21.3. The Balaban J connectivity index is 1.85. The number of nitrogen functional groups attached to an aromatic ring is 1. The van der Waals surface area contributed by atoms with E-state index in [-0.39, 0.29) is 17.6 Å². The fourth-order valence-electron chi connectivity index (χ4n) is 3.31. The molecule has 1 atom stereocenters. The third kappa shape index (κ3) is 3.62. The van der Waals surface area contributed by atoms with E-state index in [4.69, 9.17) is 10.5 Å². The summed E-state index contributed by atoms with van der Waals surface area (Å²) in [6.07, 6.45) is 5.53. The molecule has 4 rings (SSSR count). The number of nitrogens with one attached hydrogen (secondary N) is 2. The number of amides is 1. The Hall–Kier alpha value is -3.72. The van der Waals surface area contributed by atoms with Crippen LogP contribution in [-0.4, -0.2) is 50.0 Å². The average molecular weight is 405 g/mol. The van der Waals surface area contributed by atoms with Gasteiger partial charge in [-0.25, -0.2) is 15.0 Å². The lowest BCUT2D eigenvalue weighted by molar-refractivity contribution is 0.0901.